The number of carbonyl (C=O) groups excluding carboxylic acids is 1. The SMILES string of the molecule is Nc1ccc(OCCC(=O)N(CCO)CC(F)(F)F)cc1. The first-order chi connectivity index (χ1) is 9.81. The maximum atomic E-state index is 12.3. The average Bonchev–Trinajstić information content (AvgIpc) is 2.39. The summed E-state index contributed by atoms with van der Waals surface area (Å²) in [6, 6.07) is 6.42. The van der Waals surface area contributed by atoms with E-state index in [0.717, 1.165) is 0 Å². The summed E-state index contributed by atoms with van der Waals surface area (Å²) < 4.78 is 42.1. The lowest BCUT2D eigenvalue weighted by Gasteiger charge is -2.23. The number of hydrogen-bond acceptors (Lipinski definition) is 4. The van der Waals surface area contributed by atoms with Crippen molar-refractivity contribution in [1.29, 1.82) is 0 Å². The van der Waals surface area contributed by atoms with Crippen LogP contribution in [0.3, 0.4) is 0 Å². The van der Waals surface area contributed by atoms with Crippen LogP contribution >= 0.6 is 0 Å². The van der Waals surface area contributed by atoms with E-state index in [1.54, 1.807) is 24.3 Å². The Morgan fingerprint density at radius 1 is 1.29 bits per heavy atom. The Morgan fingerprint density at radius 3 is 2.43 bits per heavy atom. The van der Waals surface area contributed by atoms with E-state index in [1.165, 1.54) is 0 Å². The van der Waals surface area contributed by atoms with Crippen LogP contribution in [0.25, 0.3) is 0 Å². The largest absolute Gasteiger partial charge is 0.493 e. The zero-order valence-corrected chi connectivity index (χ0v) is 11.3. The van der Waals surface area contributed by atoms with E-state index < -0.39 is 25.2 Å². The van der Waals surface area contributed by atoms with Gasteiger partial charge in [0.15, 0.2) is 0 Å². The minimum absolute atomic E-state index is 0.0530. The highest BCUT2D eigenvalue weighted by molar-refractivity contribution is 5.76. The first-order valence-corrected chi connectivity index (χ1v) is 6.25. The highest BCUT2D eigenvalue weighted by atomic mass is 19.4. The van der Waals surface area contributed by atoms with Crippen molar-refractivity contribution in [2.45, 2.75) is 12.6 Å². The number of rotatable bonds is 7. The average molecular weight is 306 g/mol. The third-order valence-electron chi connectivity index (χ3n) is 2.56. The van der Waals surface area contributed by atoms with Gasteiger partial charge < -0.3 is 20.5 Å². The van der Waals surface area contributed by atoms with Crippen LogP contribution < -0.4 is 10.5 Å². The molecule has 1 aromatic carbocycles. The molecule has 0 heterocycles. The summed E-state index contributed by atoms with van der Waals surface area (Å²) in [5.41, 5.74) is 6.04. The summed E-state index contributed by atoms with van der Waals surface area (Å²) in [4.78, 5) is 12.2. The molecule has 8 heteroatoms. The van der Waals surface area contributed by atoms with Gasteiger partial charge in [-0.15, -0.1) is 0 Å². The van der Waals surface area contributed by atoms with Gasteiger partial charge in [-0.3, -0.25) is 4.79 Å². The topological polar surface area (TPSA) is 75.8 Å². The third-order valence-corrected chi connectivity index (χ3v) is 2.56. The van der Waals surface area contributed by atoms with Gasteiger partial charge in [0.25, 0.3) is 0 Å². The first kappa shape index (κ1) is 17.1. The predicted octanol–water partition coefficient (Wildman–Crippen LogP) is 1.42. The highest BCUT2D eigenvalue weighted by Gasteiger charge is 2.32. The van der Waals surface area contributed by atoms with Crippen molar-refractivity contribution in [2.75, 3.05) is 32.0 Å². The predicted molar refractivity (Wildman–Crippen MR) is 70.7 cm³/mol. The zero-order valence-electron chi connectivity index (χ0n) is 11.3. The minimum atomic E-state index is -4.50. The number of halogens is 3. The van der Waals surface area contributed by atoms with Crippen LogP contribution in [0, 0.1) is 0 Å². The molecule has 0 aliphatic carbocycles. The summed E-state index contributed by atoms with van der Waals surface area (Å²) in [6.45, 7) is -2.32. The minimum Gasteiger partial charge on any atom is -0.493 e. The van der Waals surface area contributed by atoms with Gasteiger partial charge in [-0.1, -0.05) is 0 Å². The number of nitrogens with zero attached hydrogens (tertiary/aromatic N) is 1. The standard InChI is InChI=1S/C13H17F3N2O3/c14-13(15,16)9-18(6-7-19)12(20)5-8-21-11-3-1-10(17)2-4-11/h1-4,19H,5-9,17H2. The summed E-state index contributed by atoms with van der Waals surface area (Å²) in [7, 11) is 0. The van der Waals surface area contributed by atoms with E-state index in [-0.39, 0.29) is 19.6 Å². The van der Waals surface area contributed by atoms with Gasteiger partial charge in [0, 0.05) is 12.2 Å². The fourth-order valence-corrected chi connectivity index (χ4v) is 1.61. The van der Waals surface area contributed by atoms with Gasteiger partial charge in [0.05, 0.1) is 19.6 Å². The monoisotopic (exact) mass is 306 g/mol. The Balaban J connectivity index is 2.44. The Labute approximate surface area is 120 Å². The molecule has 3 N–H and O–H groups in total. The van der Waals surface area contributed by atoms with Crippen LogP contribution in [0.2, 0.25) is 0 Å². The molecule has 0 aromatic heterocycles. The van der Waals surface area contributed by atoms with E-state index in [2.05, 4.69) is 0 Å². The number of anilines is 1. The van der Waals surface area contributed by atoms with Crippen molar-refractivity contribution in [3.63, 3.8) is 0 Å². The molecule has 0 aliphatic rings. The molecule has 0 saturated carbocycles. The molecule has 21 heavy (non-hydrogen) atoms. The molecule has 0 fully saturated rings. The van der Waals surface area contributed by atoms with Gasteiger partial charge >= 0.3 is 6.18 Å². The van der Waals surface area contributed by atoms with Crippen LogP contribution in [0.15, 0.2) is 24.3 Å². The normalized spacial score (nSPS) is 11.2. The number of aliphatic hydroxyl groups excluding tert-OH is 1. The van der Waals surface area contributed by atoms with E-state index in [4.69, 9.17) is 15.6 Å². The summed E-state index contributed by atoms with van der Waals surface area (Å²) >= 11 is 0. The zero-order chi connectivity index (χ0) is 15.9. The van der Waals surface area contributed by atoms with Crippen molar-refractivity contribution in [3.05, 3.63) is 24.3 Å². The van der Waals surface area contributed by atoms with Crippen LogP contribution in [0.4, 0.5) is 18.9 Å². The van der Waals surface area contributed by atoms with Crippen molar-refractivity contribution in [3.8, 4) is 5.75 Å². The molecule has 0 saturated heterocycles. The molecule has 1 aromatic rings. The highest BCUT2D eigenvalue weighted by Crippen LogP contribution is 2.17. The Bertz CT molecular complexity index is 449. The second-order valence-electron chi connectivity index (χ2n) is 4.32. The van der Waals surface area contributed by atoms with Crippen molar-refractivity contribution in [1.82, 2.24) is 4.90 Å². The summed E-state index contributed by atoms with van der Waals surface area (Å²) in [5, 5.41) is 8.71. The molecular weight excluding hydrogens is 289 g/mol. The molecule has 0 atom stereocenters. The lowest BCUT2D eigenvalue weighted by atomic mass is 10.3. The van der Waals surface area contributed by atoms with E-state index >= 15 is 0 Å². The molecule has 1 rings (SSSR count). The number of amides is 1. The number of carbonyl (C=O) groups is 1. The van der Waals surface area contributed by atoms with Gasteiger partial charge in [-0.2, -0.15) is 13.2 Å². The fraction of sp³-hybridized carbons (Fsp3) is 0.462. The van der Waals surface area contributed by atoms with Crippen molar-refractivity contribution in [2.24, 2.45) is 0 Å². The van der Waals surface area contributed by atoms with Crippen molar-refractivity contribution >= 4 is 11.6 Å². The second kappa shape index (κ2) is 7.72. The third kappa shape index (κ3) is 6.84. The molecule has 118 valence electrons. The molecule has 5 nitrogen and oxygen atoms in total. The van der Waals surface area contributed by atoms with Crippen LogP contribution in [0.1, 0.15) is 6.42 Å². The Morgan fingerprint density at radius 2 is 1.90 bits per heavy atom. The molecule has 0 unspecified atom stereocenters. The number of aliphatic hydroxyl groups is 1. The van der Waals surface area contributed by atoms with Gasteiger partial charge in [-0.25, -0.2) is 0 Å². The van der Waals surface area contributed by atoms with Gasteiger partial charge in [0.1, 0.15) is 12.3 Å². The molecule has 1 amide bonds. The lowest BCUT2D eigenvalue weighted by Crippen LogP contribution is -2.41. The van der Waals surface area contributed by atoms with Crippen LogP contribution in [-0.2, 0) is 4.79 Å². The number of alkyl halides is 3. The summed E-state index contributed by atoms with van der Waals surface area (Å²) in [5.74, 6) is -0.252. The summed E-state index contributed by atoms with van der Waals surface area (Å²) in [6.07, 6.45) is -4.71. The molecule has 0 spiro atoms. The quantitative estimate of drug-likeness (QED) is 0.747. The number of nitrogen functional groups attached to an aromatic ring is 1. The Kier molecular flexibility index (Phi) is 6.29. The fourth-order valence-electron chi connectivity index (χ4n) is 1.61. The molecule has 0 aliphatic heterocycles. The molecular formula is C13H17F3N2O3. The Hall–Kier alpha value is -1.96. The number of benzene rings is 1. The second-order valence-corrected chi connectivity index (χ2v) is 4.32. The lowest BCUT2D eigenvalue weighted by molar-refractivity contribution is -0.162. The van der Waals surface area contributed by atoms with E-state index in [9.17, 15) is 18.0 Å². The van der Waals surface area contributed by atoms with Crippen LogP contribution in [0.5, 0.6) is 5.75 Å². The smallest absolute Gasteiger partial charge is 0.406 e. The van der Waals surface area contributed by atoms with Crippen LogP contribution in [-0.4, -0.2) is 48.4 Å². The number of ether oxygens (including phenoxy) is 1. The maximum absolute atomic E-state index is 12.3. The van der Waals surface area contributed by atoms with E-state index in [1.807, 2.05) is 0 Å². The van der Waals surface area contributed by atoms with E-state index in [0.29, 0.717) is 16.3 Å². The van der Waals surface area contributed by atoms with Gasteiger partial charge in [-0.05, 0) is 24.3 Å². The first-order valence-electron chi connectivity index (χ1n) is 6.25. The molecule has 0 bridgehead atoms. The number of nitrogens with two attached hydrogens (primary N) is 1. The number of hydrogen-bond donors (Lipinski definition) is 2. The maximum Gasteiger partial charge on any atom is 0.406 e. The molecule has 0 radical (unpaired) electrons. The van der Waals surface area contributed by atoms with Gasteiger partial charge in [0.2, 0.25) is 5.91 Å². The van der Waals surface area contributed by atoms with Crippen molar-refractivity contribution < 1.29 is 27.8 Å².